The summed E-state index contributed by atoms with van der Waals surface area (Å²) in [5.41, 5.74) is 5.07. The third kappa shape index (κ3) is 3.79. The summed E-state index contributed by atoms with van der Waals surface area (Å²) in [6.07, 6.45) is -0.716. The molecule has 0 aliphatic heterocycles. The number of primary amides is 1. The van der Waals surface area contributed by atoms with Crippen LogP contribution < -0.4 is 11.1 Å². The molecule has 0 saturated heterocycles. The van der Waals surface area contributed by atoms with Gasteiger partial charge in [0, 0.05) is 11.9 Å². The molecule has 0 spiro atoms. The maximum Gasteiger partial charge on any atom is 0.416 e. The normalized spacial score (nSPS) is 15.3. The predicted molar refractivity (Wildman–Crippen MR) is 87.5 cm³/mol. The van der Waals surface area contributed by atoms with Gasteiger partial charge in [-0.1, -0.05) is 0 Å². The first-order chi connectivity index (χ1) is 12.3. The van der Waals surface area contributed by atoms with Gasteiger partial charge in [0.1, 0.15) is 5.56 Å². The Hall–Kier alpha value is -3.02. The molecule has 1 aromatic heterocycles. The molecule has 9 heteroatoms. The Morgan fingerprint density at radius 3 is 2.54 bits per heavy atom. The van der Waals surface area contributed by atoms with E-state index >= 15 is 0 Å². The molecule has 1 aliphatic carbocycles. The molecule has 1 atom stereocenters. The Kier molecular flexibility index (Phi) is 4.59. The van der Waals surface area contributed by atoms with E-state index in [-0.39, 0.29) is 23.8 Å². The fraction of sp³-hybridized carbons (Fsp3) is 0.353. The Bertz CT molecular complexity index is 847. The number of nitrogens with two attached hydrogens (primary N) is 1. The van der Waals surface area contributed by atoms with Gasteiger partial charge in [0.2, 0.25) is 0 Å². The highest BCUT2D eigenvalue weighted by Gasteiger charge is 2.34. The van der Waals surface area contributed by atoms with Gasteiger partial charge in [-0.3, -0.25) is 9.48 Å². The highest BCUT2D eigenvalue weighted by atomic mass is 19.4. The van der Waals surface area contributed by atoms with Gasteiger partial charge in [-0.05, 0) is 43.0 Å². The van der Waals surface area contributed by atoms with E-state index in [0.717, 1.165) is 25.0 Å². The number of nitriles is 1. The van der Waals surface area contributed by atoms with Gasteiger partial charge in [-0.15, -0.1) is 0 Å². The van der Waals surface area contributed by atoms with Crippen molar-refractivity contribution in [2.75, 3.05) is 5.32 Å². The molecule has 136 valence electrons. The van der Waals surface area contributed by atoms with Crippen LogP contribution in [0.5, 0.6) is 0 Å². The van der Waals surface area contributed by atoms with Crippen molar-refractivity contribution >= 4 is 17.4 Å². The molecule has 3 N–H and O–H groups in total. The van der Waals surface area contributed by atoms with Crippen molar-refractivity contribution in [2.45, 2.75) is 31.5 Å². The smallest absolute Gasteiger partial charge is 0.365 e. The van der Waals surface area contributed by atoms with Gasteiger partial charge in [-0.25, -0.2) is 0 Å². The summed E-state index contributed by atoms with van der Waals surface area (Å²) < 4.78 is 39.5. The summed E-state index contributed by atoms with van der Waals surface area (Å²) in [5, 5.41) is 16.1. The highest BCUT2D eigenvalue weighted by Crippen LogP contribution is 2.41. The summed E-state index contributed by atoms with van der Waals surface area (Å²) in [7, 11) is 0. The molecular weight excluding hydrogens is 347 g/mol. The van der Waals surface area contributed by atoms with E-state index in [0.29, 0.717) is 11.6 Å². The minimum Gasteiger partial charge on any atom is -0.365 e. The fourth-order valence-electron chi connectivity index (χ4n) is 2.76. The van der Waals surface area contributed by atoms with Crippen molar-refractivity contribution in [2.24, 2.45) is 11.7 Å². The third-order valence-corrected chi connectivity index (χ3v) is 4.28. The number of anilines is 2. The maximum absolute atomic E-state index is 12.6. The van der Waals surface area contributed by atoms with Gasteiger partial charge in [0.05, 0.1) is 24.1 Å². The Labute approximate surface area is 147 Å². The second-order valence-electron chi connectivity index (χ2n) is 6.20. The molecule has 1 saturated carbocycles. The number of alkyl halides is 3. The lowest BCUT2D eigenvalue weighted by atomic mass is 10.1. The van der Waals surface area contributed by atoms with Gasteiger partial charge in [0.15, 0.2) is 5.82 Å². The molecule has 1 amide bonds. The molecule has 2 aromatic rings. The minimum atomic E-state index is -4.42. The van der Waals surface area contributed by atoms with E-state index in [4.69, 9.17) is 11.0 Å². The average molecular weight is 363 g/mol. The molecule has 1 unspecified atom stereocenters. The van der Waals surface area contributed by atoms with Gasteiger partial charge in [-0.2, -0.15) is 23.5 Å². The lowest BCUT2D eigenvalue weighted by molar-refractivity contribution is -0.137. The third-order valence-electron chi connectivity index (χ3n) is 4.28. The van der Waals surface area contributed by atoms with E-state index in [2.05, 4.69) is 16.5 Å². The van der Waals surface area contributed by atoms with E-state index in [9.17, 15) is 18.0 Å². The number of carbonyl (C=O) groups excluding carboxylic acids is 1. The van der Waals surface area contributed by atoms with Crippen LogP contribution in [0.15, 0.2) is 30.5 Å². The van der Waals surface area contributed by atoms with Crippen molar-refractivity contribution in [1.82, 2.24) is 9.78 Å². The first-order valence-electron chi connectivity index (χ1n) is 8.00. The van der Waals surface area contributed by atoms with Gasteiger partial charge in [0.25, 0.3) is 5.91 Å². The quantitative estimate of drug-likeness (QED) is 0.819. The van der Waals surface area contributed by atoms with Crippen LogP contribution in [0.2, 0.25) is 0 Å². The number of halogens is 3. The van der Waals surface area contributed by atoms with Crippen molar-refractivity contribution < 1.29 is 18.0 Å². The largest absolute Gasteiger partial charge is 0.416 e. The maximum atomic E-state index is 12.6. The number of nitrogens with one attached hydrogen (secondary N) is 1. The van der Waals surface area contributed by atoms with Gasteiger partial charge >= 0.3 is 6.18 Å². The number of nitrogens with zero attached hydrogens (tertiary/aromatic N) is 3. The van der Waals surface area contributed by atoms with E-state index in [1.54, 1.807) is 4.68 Å². The second-order valence-corrected chi connectivity index (χ2v) is 6.20. The molecule has 1 fully saturated rings. The molecule has 0 radical (unpaired) electrons. The van der Waals surface area contributed by atoms with Crippen LogP contribution in [-0.2, 0) is 6.18 Å². The first kappa shape index (κ1) is 17.8. The number of hydrogen-bond donors (Lipinski definition) is 2. The minimum absolute atomic E-state index is 0.119. The van der Waals surface area contributed by atoms with Crippen LogP contribution in [0.25, 0.3) is 0 Å². The zero-order valence-electron chi connectivity index (χ0n) is 13.6. The van der Waals surface area contributed by atoms with Crippen molar-refractivity contribution in [1.29, 1.82) is 5.26 Å². The highest BCUT2D eigenvalue weighted by molar-refractivity contribution is 5.98. The van der Waals surface area contributed by atoms with E-state index < -0.39 is 17.6 Å². The van der Waals surface area contributed by atoms with E-state index in [1.165, 1.54) is 18.3 Å². The number of aromatic nitrogens is 2. The SMILES string of the molecule is N#CCC(C1CC1)n1cc(C(N)=O)c(Nc2ccc(C(F)(F)F)cc2)n1. The zero-order chi connectivity index (χ0) is 18.9. The summed E-state index contributed by atoms with van der Waals surface area (Å²) >= 11 is 0. The molecule has 1 aromatic carbocycles. The summed E-state index contributed by atoms with van der Waals surface area (Å²) in [6.45, 7) is 0. The summed E-state index contributed by atoms with van der Waals surface area (Å²) in [6, 6.07) is 6.33. The van der Waals surface area contributed by atoms with Gasteiger partial charge < -0.3 is 11.1 Å². The first-order valence-corrected chi connectivity index (χ1v) is 8.00. The molecule has 1 heterocycles. The Balaban J connectivity index is 1.87. The number of rotatable bonds is 6. The summed E-state index contributed by atoms with van der Waals surface area (Å²) in [5.74, 6) is -0.229. The van der Waals surface area contributed by atoms with Crippen LogP contribution in [0.3, 0.4) is 0 Å². The monoisotopic (exact) mass is 363 g/mol. The molecule has 3 rings (SSSR count). The predicted octanol–water partition coefficient (Wildman–Crippen LogP) is 3.61. The topological polar surface area (TPSA) is 96.7 Å². The number of amides is 1. The Morgan fingerprint density at radius 2 is 2.04 bits per heavy atom. The number of benzene rings is 1. The van der Waals surface area contributed by atoms with Crippen LogP contribution in [0.4, 0.5) is 24.7 Å². The van der Waals surface area contributed by atoms with Crippen LogP contribution in [0.1, 0.15) is 41.2 Å². The molecule has 0 bridgehead atoms. The fourth-order valence-corrected chi connectivity index (χ4v) is 2.76. The molecule has 6 nitrogen and oxygen atoms in total. The van der Waals surface area contributed by atoms with Crippen molar-refractivity contribution in [3.63, 3.8) is 0 Å². The standard InChI is InChI=1S/C17H16F3N5O/c18-17(19,20)11-3-5-12(6-4-11)23-16-13(15(22)26)9-25(24-16)14(7-8-21)10-1-2-10/h3-6,9-10,14H,1-2,7H2,(H2,22,26)(H,23,24). The van der Waals surface area contributed by atoms with Crippen molar-refractivity contribution in [3.8, 4) is 6.07 Å². The van der Waals surface area contributed by atoms with Crippen LogP contribution >= 0.6 is 0 Å². The van der Waals surface area contributed by atoms with Crippen LogP contribution in [0, 0.1) is 17.2 Å². The molecule has 1 aliphatic rings. The van der Waals surface area contributed by atoms with Crippen LogP contribution in [-0.4, -0.2) is 15.7 Å². The number of hydrogen-bond acceptors (Lipinski definition) is 4. The summed E-state index contributed by atoms with van der Waals surface area (Å²) in [4.78, 5) is 11.7. The lowest BCUT2D eigenvalue weighted by Gasteiger charge is -2.13. The second kappa shape index (κ2) is 6.71. The molecular formula is C17H16F3N5O. The van der Waals surface area contributed by atoms with E-state index in [1.807, 2.05) is 0 Å². The zero-order valence-corrected chi connectivity index (χ0v) is 13.6. The Morgan fingerprint density at radius 1 is 1.38 bits per heavy atom. The van der Waals surface area contributed by atoms with Crippen molar-refractivity contribution in [3.05, 3.63) is 41.6 Å². The molecule has 26 heavy (non-hydrogen) atoms. The number of carbonyl (C=O) groups is 1. The lowest BCUT2D eigenvalue weighted by Crippen LogP contribution is -2.13. The average Bonchev–Trinajstić information content (AvgIpc) is 3.32.